The van der Waals surface area contributed by atoms with E-state index in [2.05, 4.69) is 25.8 Å². The predicted molar refractivity (Wildman–Crippen MR) is 173 cm³/mol. The minimum atomic E-state index is -1.81. The van der Waals surface area contributed by atoms with E-state index in [1.165, 1.54) is 60.3 Å². The average Bonchev–Trinajstić information content (AvgIpc) is 3.47. The molecule has 4 heterocycles. The number of anilines is 2. The zero-order valence-electron chi connectivity index (χ0n) is 25.3. The van der Waals surface area contributed by atoms with Crippen LogP contribution in [0.4, 0.5) is 10.8 Å². The number of carbonyl (C=O) groups is 5. The van der Waals surface area contributed by atoms with Crippen molar-refractivity contribution in [2.75, 3.05) is 16.8 Å². The number of carboxylic acid groups (broad SMARTS) is 2. The van der Waals surface area contributed by atoms with Crippen molar-refractivity contribution in [1.29, 1.82) is 0 Å². The number of thiazole rings is 1. The lowest BCUT2D eigenvalue weighted by atomic mass is 10.0. The van der Waals surface area contributed by atoms with Gasteiger partial charge in [-0.3, -0.25) is 19.3 Å². The molecule has 5 rings (SSSR count). The van der Waals surface area contributed by atoms with Crippen LogP contribution >= 0.6 is 34.7 Å². The van der Waals surface area contributed by atoms with E-state index in [1.54, 1.807) is 0 Å². The van der Waals surface area contributed by atoms with Gasteiger partial charge in [-0.2, -0.15) is 0 Å². The molecule has 2 atom stereocenters. The highest BCUT2D eigenvalue weighted by Gasteiger charge is 2.54. The summed E-state index contributed by atoms with van der Waals surface area (Å²) in [7, 11) is 0. The molecule has 0 unspecified atom stereocenters. The number of phenols is 2. The van der Waals surface area contributed by atoms with Crippen LogP contribution in [0, 0.1) is 0 Å². The normalized spacial score (nSPS) is 17.6. The van der Waals surface area contributed by atoms with Gasteiger partial charge in [0, 0.05) is 16.7 Å². The molecule has 21 heteroatoms. The lowest BCUT2D eigenvalue weighted by Gasteiger charge is -2.49. The highest BCUT2D eigenvalue weighted by atomic mass is 35.5. The first-order chi connectivity index (χ1) is 23.1. The molecular weight excluding hydrogens is 708 g/mol. The van der Waals surface area contributed by atoms with E-state index in [0.29, 0.717) is 5.57 Å². The topological polar surface area (TPSA) is 271 Å². The number of carboxylic acids is 2. The lowest BCUT2D eigenvalue weighted by Crippen LogP contribution is -2.71. The maximum Gasteiger partial charge on any atom is 0.352 e. The molecule has 3 aromatic rings. The molecule has 3 amide bonds. The van der Waals surface area contributed by atoms with Crippen LogP contribution in [0.1, 0.15) is 29.9 Å². The minimum Gasteiger partial charge on any atom is -0.504 e. The molecule has 49 heavy (non-hydrogen) atoms. The van der Waals surface area contributed by atoms with Crippen LogP contribution in [0.15, 0.2) is 52.7 Å². The van der Waals surface area contributed by atoms with Crippen molar-refractivity contribution in [2.24, 2.45) is 5.16 Å². The van der Waals surface area contributed by atoms with Crippen LogP contribution in [0.5, 0.6) is 11.5 Å². The average molecular weight is 734 g/mol. The Kier molecular flexibility index (Phi) is 9.65. The number of carbonyl (C=O) groups excluding carboxylic acids is 3. The summed E-state index contributed by atoms with van der Waals surface area (Å²) >= 11 is 8.16. The molecule has 0 bridgehead atoms. The maximum atomic E-state index is 13.3. The number of nitrogens with zero attached hydrogens (tertiary/aromatic N) is 5. The molecule has 8 N–H and O–H groups in total. The number of amides is 3. The summed E-state index contributed by atoms with van der Waals surface area (Å²) in [6.45, 7) is 2.39. The van der Waals surface area contributed by atoms with Gasteiger partial charge in [0.25, 0.3) is 24.0 Å². The first-order valence-corrected chi connectivity index (χ1v) is 16.2. The van der Waals surface area contributed by atoms with Gasteiger partial charge < -0.3 is 41.6 Å². The van der Waals surface area contributed by atoms with Crippen molar-refractivity contribution in [1.82, 2.24) is 20.2 Å². The van der Waals surface area contributed by atoms with Crippen LogP contribution in [-0.4, -0.2) is 93.4 Å². The second kappa shape index (κ2) is 13.6. The molecule has 0 saturated carbocycles. The number of hydrogen-bond donors (Lipinski definition) is 7. The Bertz CT molecular complexity index is 1970. The zero-order chi connectivity index (χ0) is 35.8. The van der Waals surface area contributed by atoms with E-state index in [1.807, 2.05) is 0 Å². The number of hydrogen-bond acceptors (Lipinski definition) is 14. The van der Waals surface area contributed by atoms with Gasteiger partial charge in [0.05, 0.1) is 10.6 Å². The second-order valence-corrected chi connectivity index (χ2v) is 13.3. The van der Waals surface area contributed by atoms with Gasteiger partial charge in [-0.05, 0) is 26.0 Å². The van der Waals surface area contributed by atoms with E-state index in [4.69, 9.17) is 22.2 Å². The van der Waals surface area contributed by atoms with Gasteiger partial charge in [-0.1, -0.05) is 21.7 Å². The number of aromatic nitrogens is 3. The molecular formula is C28H26ClN8O10S2+. The Morgan fingerprint density at radius 1 is 1.24 bits per heavy atom. The SMILES string of the molecule is CC(C)(O/N=C(\C(=O)N[C@@H]1C(=O)N2C(C(=O)O)=C(C[n+]3cncc(NC(=O)c4ccc(O)c(O)c4Cl)c3)CS[C@H]12)c1csc(N)n1)C(=O)O. The molecule has 2 aromatic heterocycles. The summed E-state index contributed by atoms with van der Waals surface area (Å²) in [5.41, 5.74) is 3.52. The quantitative estimate of drug-likeness (QED) is 0.0471. The summed E-state index contributed by atoms with van der Waals surface area (Å²) < 4.78 is 1.48. The van der Waals surface area contributed by atoms with E-state index in [9.17, 15) is 44.4 Å². The molecule has 0 aliphatic carbocycles. The van der Waals surface area contributed by atoms with Crippen LogP contribution in [0.2, 0.25) is 5.02 Å². The summed E-state index contributed by atoms with van der Waals surface area (Å²) in [5.74, 6) is -6.14. The highest BCUT2D eigenvalue weighted by Crippen LogP contribution is 2.40. The number of rotatable bonds is 11. The van der Waals surface area contributed by atoms with Crippen molar-refractivity contribution in [3.05, 3.63) is 63.8 Å². The van der Waals surface area contributed by atoms with Crippen LogP contribution in [0.3, 0.4) is 0 Å². The minimum absolute atomic E-state index is 0.0251. The number of halogens is 1. The third-order valence-electron chi connectivity index (χ3n) is 7.10. The third-order valence-corrected chi connectivity index (χ3v) is 9.50. The summed E-state index contributed by atoms with van der Waals surface area (Å²) in [6.07, 6.45) is 4.15. The first-order valence-electron chi connectivity index (χ1n) is 13.9. The molecule has 0 spiro atoms. The standard InChI is InChI=1S/C28H25ClN8O10S2/c1-28(2,26(45)46)47-35-17(14-9-49-27(30)33-14)22(41)34-18-23(42)37-19(25(43)44)11(8-48-24(18)37)6-36-7-12(5-31-10-36)32-21(40)13-3-4-15(38)20(39)16(13)29/h3-5,7,9-10,18,24H,6,8H2,1-2H3,(H7-,30,32,33,34,35,38,39,40,41,43,44,45,46)/p+1/t18-,24-/m1/s1. The van der Waals surface area contributed by atoms with Crippen LogP contribution in [0.25, 0.3) is 0 Å². The first kappa shape index (κ1) is 34.9. The number of thioether (sulfide) groups is 1. The number of nitrogens with two attached hydrogens (primary N) is 1. The number of nitrogens with one attached hydrogen (secondary N) is 2. The number of β-lactam (4-membered cyclic amide) rings is 1. The van der Waals surface area contributed by atoms with Crippen LogP contribution < -0.4 is 20.9 Å². The number of aliphatic carboxylic acids is 2. The smallest absolute Gasteiger partial charge is 0.352 e. The fourth-order valence-electron chi connectivity index (χ4n) is 4.56. The molecule has 2 aliphatic rings. The number of phenolic OH excluding ortho intramolecular Hbond substituents is 2. The Labute approximate surface area is 288 Å². The maximum absolute atomic E-state index is 13.3. The molecule has 1 fully saturated rings. The monoisotopic (exact) mass is 733 g/mol. The van der Waals surface area contributed by atoms with Gasteiger partial charge in [0.15, 0.2) is 28.5 Å². The Balaban J connectivity index is 1.32. The number of nitrogen functional groups attached to an aromatic ring is 1. The number of aromatic hydroxyl groups is 2. The Hall–Kier alpha value is -5.47. The summed E-state index contributed by atoms with van der Waals surface area (Å²) in [6, 6.07) is 1.15. The fourth-order valence-corrected chi connectivity index (χ4v) is 6.69. The number of oxime groups is 1. The Morgan fingerprint density at radius 2 is 1.98 bits per heavy atom. The van der Waals surface area contributed by atoms with Gasteiger partial charge in [-0.25, -0.2) is 19.1 Å². The molecule has 1 aromatic carbocycles. The highest BCUT2D eigenvalue weighted by molar-refractivity contribution is 8.00. The largest absolute Gasteiger partial charge is 0.504 e. The van der Waals surface area contributed by atoms with E-state index in [0.717, 1.165) is 22.3 Å². The number of fused-ring (bicyclic) bond motifs is 1. The number of benzene rings is 1. The van der Waals surface area contributed by atoms with Crippen molar-refractivity contribution in [3.8, 4) is 11.5 Å². The lowest BCUT2D eigenvalue weighted by molar-refractivity contribution is -0.691. The van der Waals surface area contributed by atoms with Gasteiger partial charge in [-0.15, -0.1) is 23.1 Å². The van der Waals surface area contributed by atoms with Crippen molar-refractivity contribution >= 4 is 80.9 Å². The second-order valence-electron chi connectivity index (χ2n) is 10.9. The van der Waals surface area contributed by atoms with E-state index >= 15 is 0 Å². The molecule has 1 saturated heterocycles. The summed E-state index contributed by atoms with van der Waals surface area (Å²) in [4.78, 5) is 77.5. The fraction of sp³-hybridized carbons (Fsp3) is 0.250. The molecule has 0 radical (unpaired) electrons. The van der Waals surface area contributed by atoms with E-state index < -0.39 is 63.9 Å². The third kappa shape index (κ3) is 7.05. The molecule has 2 aliphatic heterocycles. The Morgan fingerprint density at radius 3 is 2.63 bits per heavy atom. The van der Waals surface area contributed by atoms with E-state index in [-0.39, 0.29) is 45.1 Å². The molecule has 256 valence electrons. The van der Waals surface area contributed by atoms with Crippen molar-refractivity contribution in [3.63, 3.8) is 0 Å². The van der Waals surface area contributed by atoms with Gasteiger partial charge >= 0.3 is 11.9 Å². The van der Waals surface area contributed by atoms with Crippen LogP contribution in [-0.2, 0) is 30.6 Å². The van der Waals surface area contributed by atoms with Crippen molar-refractivity contribution < 1.29 is 53.8 Å². The zero-order valence-corrected chi connectivity index (χ0v) is 27.7. The van der Waals surface area contributed by atoms with Crippen molar-refractivity contribution in [2.45, 2.75) is 37.4 Å². The van der Waals surface area contributed by atoms with Gasteiger partial charge in [0.1, 0.15) is 41.2 Å². The van der Waals surface area contributed by atoms with Gasteiger partial charge in [0.2, 0.25) is 5.60 Å². The summed E-state index contributed by atoms with van der Waals surface area (Å²) in [5, 5.41) is 48.0. The molecule has 18 nitrogen and oxygen atoms in total. The predicted octanol–water partition coefficient (Wildman–Crippen LogP) is 0.747.